The van der Waals surface area contributed by atoms with Crippen LogP contribution in [0.5, 0.6) is 0 Å². The Morgan fingerprint density at radius 1 is 1.26 bits per heavy atom. The lowest BCUT2D eigenvalue weighted by Gasteiger charge is -2.38. The number of benzene rings is 1. The van der Waals surface area contributed by atoms with Crippen LogP contribution in [-0.4, -0.2) is 42.6 Å². The van der Waals surface area contributed by atoms with Crippen LogP contribution >= 0.6 is 11.3 Å². The van der Waals surface area contributed by atoms with Crippen LogP contribution in [0.25, 0.3) is 0 Å². The predicted molar refractivity (Wildman–Crippen MR) is 128 cm³/mol. The molecule has 180 valence electrons. The minimum Gasteiger partial charge on any atom is -0.479 e. The third kappa shape index (κ3) is 4.24. The molecule has 34 heavy (non-hydrogen) atoms. The van der Waals surface area contributed by atoms with Crippen molar-refractivity contribution >= 4 is 23.2 Å². The van der Waals surface area contributed by atoms with Crippen molar-refractivity contribution in [2.75, 3.05) is 0 Å². The van der Waals surface area contributed by atoms with E-state index in [0.29, 0.717) is 22.9 Å². The third-order valence-corrected chi connectivity index (χ3v) is 7.28. The molecule has 8 nitrogen and oxygen atoms in total. The standard InChI is InChI=1S/C25H30N4O4S/c1-15(2)12-25(23(31)32)13-18(20-28-27-14-33-20)19(21-26-10-11-34-21)29(25)22(30)16-6-8-17(9-7-16)24(3,4)5/h6-11,14-15,18-19H,12-13H2,1-5H3,(H,31,32)/t18-,19+,25-/m0/s1. The van der Waals surface area contributed by atoms with Crippen LogP contribution in [0.2, 0.25) is 0 Å². The van der Waals surface area contributed by atoms with Gasteiger partial charge in [0, 0.05) is 17.1 Å². The molecule has 0 saturated carbocycles. The average molecular weight is 483 g/mol. The number of aliphatic carboxylic acids is 1. The van der Waals surface area contributed by atoms with Crippen molar-refractivity contribution in [3.8, 4) is 0 Å². The summed E-state index contributed by atoms with van der Waals surface area (Å²) in [5.41, 5.74) is 0.0283. The van der Waals surface area contributed by atoms with Gasteiger partial charge in [-0.15, -0.1) is 21.5 Å². The van der Waals surface area contributed by atoms with E-state index in [-0.39, 0.29) is 23.7 Å². The molecule has 3 heterocycles. The summed E-state index contributed by atoms with van der Waals surface area (Å²) >= 11 is 1.39. The highest BCUT2D eigenvalue weighted by Crippen LogP contribution is 2.54. The fourth-order valence-corrected chi connectivity index (χ4v) is 5.75. The maximum atomic E-state index is 14.1. The Balaban J connectivity index is 1.88. The van der Waals surface area contributed by atoms with E-state index in [1.807, 2.05) is 31.4 Å². The molecule has 9 heteroatoms. The first-order valence-electron chi connectivity index (χ1n) is 11.4. The minimum absolute atomic E-state index is 0.0352. The van der Waals surface area contributed by atoms with Gasteiger partial charge in [-0.3, -0.25) is 4.79 Å². The molecule has 0 radical (unpaired) electrons. The zero-order chi connectivity index (χ0) is 24.7. The van der Waals surface area contributed by atoms with Crippen molar-refractivity contribution in [3.05, 3.63) is 64.3 Å². The highest BCUT2D eigenvalue weighted by Gasteiger charge is 2.61. The quantitative estimate of drug-likeness (QED) is 0.523. The summed E-state index contributed by atoms with van der Waals surface area (Å²) < 4.78 is 5.53. The summed E-state index contributed by atoms with van der Waals surface area (Å²) in [4.78, 5) is 33.0. The Bertz CT molecular complexity index is 1140. The normalized spacial score (nSPS) is 22.9. The van der Waals surface area contributed by atoms with Gasteiger partial charge in [-0.25, -0.2) is 9.78 Å². The van der Waals surface area contributed by atoms with E-state index in [0.717, 1.165) is 5.56 Å². The summed E-state index contributed by atoms with van der Waals surface area (Å²) in [7, 11) is 0. The molecule has 0 spiro atoms. The monoisotopic (exact) mass is 482 g/mol. The Morgan fingerprint density at radius 3 is 2.47 bits per heavy atom. The van der Waals surface area contributed by atoms with Crippen LogP contribution < -0.4 is 0 Å². The van der Waals surface area contributed by atoms with E-state index in [9.17, 15) is 14.7 Å². The largest absolute Gasteiger partial charge is 0.479 e. The van der Waals surface area contributed by atoms with E-state index in [1.54, 1.807) is 18.3 Å². The number of rotatable bonds is 6. The lowest BCUT2D eigenvalue weighted by Crippen LogP contribution is -2.54. The molecular formula is C25H30N4O4S. The Hall–Kier alpha value is -3.07. The second kappa shape index (κ2) is 8.94. The average Bonchev–Trinajstić information content (AvgIpc) is 3.52. The number of hydrogen-bond donors (Lipinski definition) is 1. The van der Waals surface area contributed by atoms with Gasteiger partial charge in [-0.05, 0) is 41.9 Å². The lowest BCUT2D eigenvalue weighted by atomic mass is 9.83. The van der Waals surface area contributed by atoms with Gasteiger partial charge in [-0.2, -0.15) is 0 Å². The van der Waals surface area contributed by atoms with Crippen LogP contribution in [0.15, 0.2) is 46.7 Å². The number of nitrogens with zero attached hydrogens (tertiary/aromatic N) is 4. The first kappa shape index (κ1) is 24.1. The summed E-state index contributed by atoms with van der Waals surface area (Å²) in [5, 5.41) is 21.0. The lowest BCUT2D eigenvalue weighted by molar-refractivity contribution is -0.150. The number of amides is 1. The number of carboxylic acid groups (broad SMARTS) is 1. The zero-order valence-corrected chi connectivity index (χ0v) is 20.9. The Morgan fingerprint density at radius 2 is 1.97 bits per heavy atom. The summed E-state index contributed by atoms with van der Waals surface area (Å²) in [6, 6.07) is 6.79. The molecule has 1 aliphatic heterocycles. The maximum absolute atomic E-state index is 14.1. The van der Waals surface area contributed by atoms with Gasteiger partial charge in [0.15, 0.2) is 0 Å². The fourth-order valence-electron chi connectivity index (χ4n) is 4.96. The van der Waals surface area contributed by atoms with E-state index in [4.69, 9.17) is 4.42 Å². The Kier molecular flexibility index (Phi) is 6.33. The number of hydrogen-bond acceptors (Lipinski definition) is 7. The molecule has 3 atom stereocenters. The van der Waals surface area contributed by atoms with Crippen LogP contribution in [0.3, 0.4) is 0 Å². The number of likely N-dealkylation sites (tertiary alicyclic amines) is 1. The van der Waals surface area contributed by atoms with Gasteiger partial charge in [0.2, 0.25) is 12.3 Å². The van der Waals surface area contributed by atoms with Gasteiger partial charge < -0.3 is 14.4 Å². The van der Waals surface area contributed by atoms with Gasteiger partial charge >= 0.3 is 5.97 Å². The molecule has 1 aromatic carbocycles. The first-order chi connectivity index (χ1) is 16.0. The van der Waals surface area contributed by atoms with Crippen LogP contribution in [0.4, 0.5) is 0 Å². The molecule has 0 unspecified atom stereocenters. The van der Waals surface area contributed by atoms with Gasteiger partial charge in [0.1, 0.15) is 10.5 Å². The highest BCUT2D eigenvalue weighted by molar-refractivity contribution is 7.09. The topological polar surface area (TPSA) is 109 Å². The molecule has 0 aliphatic carbocycles. The number of thiazole rings is 1. The smallest absolute Gasteiger partial charge is 0.329 e. The van der Waals surface area contributed by atoms with Crippen LogP contribution in [0.1, 0.15) is 86.2 Å². The fraction of sp³-hybridized carbons (Fsp3) is 0.480. The predicted octanol–water partition coefficient (Wildman–Crippen LogP) is 5.06. The number of aromatic nitrogens is 3. The van der Waals surface area contributed by atoms with Gasteiger partial charge in [-0.1, -0.05) is 46.8 Å². The van der Waals surface area contributed by atoms with Crippen molar-refractivity contribution in [1.29, 1.82) is 0 Å². The highest BCUT2D eigenvalue weighted by atomic mass is 32.1. The van der Waals surface area contributed by atoms with Crippen molar-refractivity contribution in [2.24, 2.45) is 5.92 Å². The van der Waals surface area contributed by atoms with E-state index < -0.39 is 23.5 Å². The van der Waals surface area contributed by atoms with Crippen molar-refractivity contribution < 1.29 is 19.1 Å². The number of carboxylic acids is 1. The summed E-state index contributed by atoms with van der Waals surface area (Å²) in [5.74, 6) is -1.52. The first-order valence-corrected chi connectivity index (χ1v) is 12.3. The molecule has 0 bridgehead atoms. The van der Waals surface area contributed by atoms with Crippen LogP contribution in [0, 0.1) is 5.92 Å². The molecule has 1 saturated heterocycles. The number of carbonyl (C=O) groups is 2. The Labute approximate surface area is 203 Å². The van der Waals surface area contributed by atoms with Crippen molar-refractivity contribution in [3.63, 3.8) is 0 Å². The molecule has 1 amide bonds. The molecule has 3 aromatic rings. The van der Waals surface area contributed by atoms with E-state index >= 15 is 0 Å². The second-order valence-corrected chi connectivity index (χ2v) is 11.3. The molecule has 1 fully saturated rings. The molecular weight excluding hydrogens is 452 g/mol. The molecule has 1 aliphatic rings. The SMILES string of the molecule is CC(C)C[C@@]1(C(=O)O)C[C@H](c2nnco2)[C@H](c2nccs2)N1C(=O)c1ccc(C(C)(C)C)cc1. The third-order valence-electron chi connectivity index (χ3n) is 6.44. The zero-order valence-electron chi connectivity index (χ0n) is 20.1. The van der Waals surface area contributed by atoms with Crippen molar-refractivity contribution in [1.82, 2.24) is 20.1 Å². The summed E-state index contributed by atoms with van der Waals surface area (Å²) in [6.45, 7) is 10.2. The van der Waals surface area contributed by atoms with Crippen LogP contribution in [-0.2, 0) is 10.2 Å². The van der Waals surface area contributed by atoms with E-state index in [2.05, 4.69) is 36.0 Å². The number of carbonyl (C=O) groups excluding carboxylic acids is 1. The minimum atomic E-state index is -1.44. The molecule has 2 aromatic heterocycles. The maximum Gasteiger partial charge on any atom is 0.329 e. The van der Waals surface area contributed by atoms with Crippen molar-refractivity contribution in [2.45, 2.75) is 70.4 Å². The molecule has 1 N–H and O–H groups in total. The second-order valence-electron chi connectivity index (χ2n) is 10.3. The van der Waals surface area contributed by atoms with E-state index in [1.165, 1.54) is 22.6 Å². The summed E-state index contributed by atoms with van der Waals surface area (Å²) in [6.07, 6.45) is 3.35. The molecule has 4 rings (SSSR count). The van der Waals surface area contributed by atoms with Gasteiger partial charge in [0.25, 0.3) is 5.91 Å². The van der Waals surface area contributed by atoms with Gasteiger partial charge in [0.05, 0.1) is 12.0 Å².